The van der Waals surface area contributed by atoms with Crippen molar-refractivity contribution in [2.24, 2.45) is 0 Å². The number of hydrogen-bond acceptors (Lipinski definition) is 6. The SMILES string of the molecule is CCCCCCCCCCCC(=O)O[N+]1(S(=O)(=O)CCc2ccoc2[Si](CC)(CC)CC)CCN(C)CC1. The Morgan fingerprint density at radius 3 is 2.05 bits per heavy atom. The topological polar surface area (TPSA) is 76.8 Å². The van der Waals surface area contributed by atoms with Crippen molar-refractivity contribution in [3.05, 3.63) is 17.9 Å². The van der Waals surface area contributed by atoms with Crippen molar-refractivity contribution in [3.63, 3.8) is 0 Å². The van der Waals surface area contributed by atoms with Crippen molar-refractivity contribution in [3.8, 4) is 0 Å². The third kappa shape index (κ3) is 8.93. The predicted octanol–water partition coefficient (Wildman–Crippen LogP) is 6.01. The first-order valence-electron chi connectivity index (χ1n) is 15.3. The van der Waals surface area contributed by atoms with E-state index in [1.54, 1.807) is 6.26 Å². The molecule has 0 unspecified atom stereocenters. The van der Waals surface area contributed by atoms with E-state index in [1.165, 1.54) is 38.5 Å². The van der Waals surface area contributed by atoms with Crippen LogP contribution in [0.25, 0.3) is 0 Å². The lowest BCUT2D eigenvalue weighted by atomic mass is 10.1. The summed E-state index contributed by atoms with van der Waals surface area (Å²) in [7, 11) is -3.52. The average Bonchev–Trinajstić information content (AvgIpc) is 3.39. The molecule has 7 nitrogen and oxygen atoms in total. The van der Waals surface area contributed by atoms with Gasteiger partial charge in [-0.15, -0.1) is 0 Å². The molecule has 1 saturated heterocycles. The Morgan fingerprint density at radius 1 is 0.947 bits per heavy atom. The third-order valence-electron chi connectivity index (χ3n) is 8.79. The van der Waals surface area contributed by atoms with Crippen LogP contribution in [0.2, 0.25) is 18.1 Å². The number of nitrogens with zero attached hydrogens (tertiary/aromatic N) is 2. The molecule has 0 radical (unpaired) electrons. The van der Waals surface area contributed by atoms with Crippen LogP contribution < -0.4 is 5.38 Å². The highest BCUT2D eigenvalue weighted by Gasteiger charge is 2.49. The maximum Gasteiger partial charge on any atom is 0.368 e. The number of piperazine rings is 1. The second kappa shape index (κ2) is 16.2. The highest BCUT2D eigenvalue weighted by molar-refractivity contribution is 7.85. The summed E-state index contributed by atoms with van der Waals surface area (Å²) in [4.78, 5) is 20.8. The zero-order valence-electron chi connectivity index (χ0n) is 24.9. The number of carbonyl (C=O) groups excluding carboxylic acids is 1. The van der Waals surface area contributed by atoms with E-state index in [9.17, 15) is 13.2 Å². The van der Waals surface area contributed by atoms with Gasteiger partial charge in [0.1, 0.15) is 26.9 Å². The standard InChI is InChI=1S/C29H55N2O5SSi/c1-6-10-11-12-13-14-15-16-17-18-28(32)36-31(23-21-30(5)22-24-31)37(33,34)26-20-27-19-25-35-29(27)38(7-2,8-3)9-4/h19,25H,6-18,20-24,26H2,1-5H3/q+1. The van der Waals surface area contributed by atoms with Crippen LogP contribution in [-0.2, 0) is 26.1 Å². The van der Waals surface area contributed by atoms with Crippen LogP contribution in [0.4, 0.5) is 0 Å². The minimum Gasteiger partial charge on any atom is -0.474 e. The van der Waals surface area contributed by atoms with E-state index in [2.05, 4.69) is 32.6 Å². The van der Waals surface area contributed by atoms with E-state index >= 15 is 0 Å². The van der Waals surface area contributed by atoms with Gasteiger partial charge in [-0.2, -0.15) is 8.42 Å². The van der Waals surface area contributed by atoms with Crippen LogP contribution in [0.1, 0.15) is 97.5 Å². The molecule has 220 valence electrons. The van der Waals surface area contributed by atoms with Crippen LogP contribution in [0.3, 0.4) is 0 Å². The number of aryl methyl sites for hydroxylation is 1. The molecule has 1 fully saturated rings. The van der Waals surface area contributed by atoms with E-state index in [0.29, 0.717) is 19.5 Å². The highest BCUT2D eigenvalue weighted by Crippen LogP contribution is 2.26. The molecule has 9 heteroatoms. The first-order valence-corrected chi connectivity index (χ1v) is 19.5. The van der Waals surface area contributed by atoms with Crippen molar-refractivity contribution >= 4 is 29.4 Å². The molecule has 0 atom stereocenters. The van der Waals surface area contributed by atoms with E-state index in [4.69, 9.17) is 9.25 Å². The van der Waals surface area contributed by atoms with Crippen molar-refractivity contribution in [2.75, 3.05) is 39.0 Å². The smallest absolute Gasteiger partial charge is 0.368 e. The van der Waals surface area contributed by atoms with Crippen LogP contribution in [-0.4, -0.2) is 70.4 Å². The molecule has 0 amide bonds. The number of quaternary nitrogens is 1. The number of rotatable bonds is 19. The van der Waals surface area contributed by atoms with Crippen LogP contribution in [0.15, 0.2) is 16.7 Å². The maximum absolute atomic E-state index is 13.8. The molecule has 2 rings (SSSR count). The summed E-state index contributed by atoms with van der Waals surface area (Å²) in [6.45, 7) is 10.6. The van der Waals surface area contributed by atoms with Crippen molar-refractivity contribution < 1.29 is 26.5 Å². The molecule has 0 aromatic carbocycles. The van der Waals surface area contributed by atoms with Crippen LogP contribution >= 0.6 is 0 Å². The fourth-order valence-electron chi connectivity index (χ4n) is 5.74. The first kappa shape index (κ1) is 33.0. The van der Waals surface area contributed by atoms with Gasteiger partial charge in [-0.1, -0.05) is 97.2 Å². The molecule has 1 aromatic rings. The lowest BCUT2D eigenvalue weighted by molar-refractivity contribution is -0.990. The second-order valence-corrected chi connectivity index (χ2v) is 18.6. The van der Waals surface area contributed by atoms with Crippen molar-refractivity contribution in [1.29, 1.82) is 0 Å². The number of furan rings is 1. The Kier molecular flexibility index (Phi) is 14.1. The van der Waals surface area contributed by atoms with Gasteiger partial charge in [-0.25, -0.2) is 4.79 Å². The number of unbranched alkanes of at least 4 members (excludes halogenated alkanes) is 8. The number of hydroxylamine groups is 2. The van der Waals surface area contributed by atoms with Crippen LogP contribution in [0, 0.1) is 0 Å². The van der Waals surface area contributed by atoms with E-state index < -0.39 is 22.1 Å². The van der Waals surface area contributed by atoms with Crippen LogP contribution in [0.5, 0.6) is 0 Å². The zero-order chi connectivity index (χ0) is 28.1. The lowest BCUT2D eigenvalue weighted by Crippen LogP contribution is -2.63. The molecule has 1 aromatic heterocycles. The highest BCUT2D eigenvalue weighted by atomic mass is 32.2. The summed E-state index contributed by atoms with van der Waals surface area (Å²) in [5.41, 5.74) is 1.01. The second-order valence-electron chi connectivity index (χ2n) is 11.3. The zero-order valence-corrected chi connectivity index (χ0v) is 26.8. The van der Waals surface area contributed by atoms with Gasteiger partial charge in [0.25, 0.3) is 0 Å². The summed E-state index contributed by atoms with van der Waals surface area (Å²) in [5, 5.41) is 1.05. The van der Waals surface area contributed by atoms with Gasteiger partial charge in [0.2, 0.25) is 0 Å². The fourth-order valence-corrected chi connectivity index (χ4v) is 11.1. The summed E-state index contributed by atoms with van der Waals surface area (Å²) in [5.74, 6) is -0.435. The largest absolute Gasteiger partial charge is 0.474 e. The van der Waals surface area contributed by atoms with Crippen molar-refractivity contribution in [2.45, 2.75) is 116 Å². The first-order chi connectivity index (χ1) is 18.2. The number of sulfonamides is 1. The normalized spacial score (nSPS) is 16.6. The molecule has 0 spiro atoms. The molecule has 38 heavy (non-hydrogen) atoms. The molecule has 2 heterocycles. The molecule has 1 aliphatic heterocycles. The molecule has 0 saturated carbocycles. The van der Waals surface area contributed by atoms with Gasteiger partial charge < -0.3 is 4.42 Å². The minimum absolute atomic E-state index is 0.0455. The average molecular weight is 572 g/mol. The Balaban J connectivity index is 1.99. The number of hydrogen-bond donors (Lipinski definition) is 0. The summed E-state index contributed by atoms with van der Waals surface area (Å²) >= 11 is 0. The fraction of sp³-hybridized carbons (Fsp3) is 0.828. The maximum atomic E-state index is 13.8. The number of likely N-dealkylation sites (N-methyl/N-ethyl adjacent to an activating group) is 1. The molecular weight excluding hydrogens is 516 g/mol. The summed E-state index contributed by atoms with van der Waals surface area (Å²) in [6.07, 6.45) is 12.9. The monoisotopic (exact) mass is 571 g/mol. The predicted molar refractivity (Wildman–Crippen MR) is 158 cm³/mol. The Bertz CT molecular complexity index is 913. The minimum atomic E-state index is -3.73. The van der Waals surface area contributed by atoms with E-state index in [0.717, 1.165) is 48.3 Å². The summed E-state index contributed by atoms with van der Waals surface area (Å²) in [6, 6.07) is 5.18. The van der Waals surface area contributed by atoms with Gasteiger partial charge in [0, 0.05) is 0 Å². The Morgan fingerprint density at radius 2 is 1.50 bits per heavy atom. The molecule has 0 N–H and O–H groups in total. The Hall–Kier alpha value is -1.16. The summed E-state index contributed by atoms with van der Waals surface area (Å²) < 4.78 is 33.0. The third-order valence-corrected chi connectivity index (χ3v) is 16.4. The van der Waals surface area contributed by atoms with Gasteiger partial charge in [0.05, 0.1) is 31.2 Å². The van der Waals surface area contributed by atoms with E-state index in [-0.39, 0.29) is 31.2 Å². The van der Waals surface area contributed by atoms with Gasteiger partial charge in [-0.05, 0) is 35.6 Å². The molecule has 0 bridgehead atoms. The quantitative estimate of drug-likeness (QED) is 0.115. The Labute approximate surface area is 233 Å². The molecular formula is C29H55N2O5SSi+. The molecule has 1 aliphatic rings. The van der Waals surface area contributed by atoms with Gasteiger partial charge >= 0.3 is 16.0 Å². The lowest BCUT2D eigenvalue weighted by Gasteiger charge is -2.38. The van der Waals surface area contributed by atoms with Gasteiger partial charge in [-0.3, -0.25) is 9.74 Å². The van der Waals surface area contributed by atoms with Crippen molar-refractivity contribution in [1.82, 2.24) is 4.90 Å². The van der Waals surface area contributed by atoms with E-state index in [1.807, 2.05) is 13.1 Å². The van der Waals surface area contributed by atoms with Gasteiger partial charge in [0.15, 0.2) is 0 Å². The number of carbonyl (C=O) groups is 1. The molecule has 0 aliphatic carbocycles.